The Morgan fingerprint density at radius 2 is 1.84 bits per heavy atom. The van der Waals surface area contributed by atoms with E-state index in [1.165, 1.54) is 12.0 Å². The van der Waals surface area contributed by atoms with Gasteiger partial charge in [-0.1, -0.05) is 35.9 Å². The Labute approximate surface area is 227 Å². The molecule has 2 bridgehead atoms. The van der Waals surface area contributed by atoms with Gasteiger partial charge >= 0.3 is 6.09 Å². The van der Waals surface area contributed by atoms with Gasteiger partial charge in [0.2, 0.25) is 5.28 Å². The van der Waals surface area contributed by atoms with Crippen molar-refractivity contribution < 1.29 is 23.8 Å². The lowest BCUT2D eigenvalue weighted by atomic mass is 9.96. The molecule has 0 saturated carbocycles. The molecule has 8 nitrogen and oxygen atoms in total. The first-order chi connectivity index (χ1) is 18.4. The lowest BCUT2D eigenvalue weighted by molar-refractivity contribution is 0.0512. The van der Waals surface area contributed by atoms with Crippen LogP contribution in [0.15, 0.2) is 42.5 Å². The Balaban J connectivity index is 1.50. The van der Waals surface area contributed by atoms with Crippen LogP contribution in [0.5, 0.6) is 5.75 Å². The van der Waals surface area contributed by atoms with E-state index in [0.717, 1.165) is 23.6 Å². The number of hydrogen-bond donors (Lipinski definition) is 1. The summed E-state index contributed by atoms with van der Waals surface area (Å²) in [5.41, 5.74) is 0.762. The van der Waals surface area contributed by atoms with E-state index >= 15 is 4.39 Å². The molecule has 196 valence electrons. The Hall–Kier alpha value is -3.40. The first kappa shape index (κ1) is 24.9. The molecule has 0 aliphatic carbocycles. The van der Waals surface area contributed by atoms with Crippen molar-refractivity contribution in [2.75, 3.05) is 31.9 Å². The minimum atomic E-state index is -0.926. The Bertz CT molecular complexity index is 1570. The smallest absolute Gasteiger partial charge is 0.407 e. The molecule has 2 atom stereocenters. The molecule has 4 aromatic rings. The van der Waals surface area contributed by atoms with E-state index in [1.54, 1.807) is 12.1 Å². The van der Waals surface area contributed by atoms with Crippen LogP contribution in [-0.2, 0) is 4.74 Å². The van der Waals surface area contributed by atoms with Crippen LogP contribution in [0, 0.1) is 5.82 Å². The molecule has 0 spiro atoms. The van der Waals surface area contributed by atoms with Gasteiger partial charge in [-0.3, -0.25) is 4.90 Å². The van der Waals surface area contributed by atoms with E-state index in [2.05, 4.69) is 9.97 Å². The van der Waals surface area contributed by atoms with Crippen molar-refractivity contribution in [1.82, 2.24) is 14.9 Å². The maximum Gasteiger partial charge on any atom is 0.407 e. The van der Waals surface area contributed by atoms with E-state index in [0.29, 0.717) is 35.6 Å². The van der Waals surface area contributed by atoms with Gasteiger partial charge < -0.3 is 19.5 Å². The molecule has 2 aliphatic rings. The quantitative estimate of drug-likeness (QED) is 0.231. The average molecular weight is 557 g/mol. The highest BCUT2D eigenvalue weighted by atomic mass is 35.5. The number of aromatic nitrogens is 2. The average Bonchev–Trinajstić information content (AvgIpc) is 3.17. The second-order valence-electron chi connectivity index (χ2n) is 9.48. The molecule has 1 aromatic heterocycles. The van der Waals surface area contributed by atoms with Crippen molar-refractivity contribution in [3.05, 3.63) is 58.6 Å². The molecule has 2 saturated heterocycles. The van der Waals surface area contributed by atoms with Crippen LogP contribution in [0.4, 0.5) is 15.0 Å². The topological polar surface area (TPSA) is 88.0 Å². The highest BCUT2D eigenvalue weighted by Crippen LogP contribution is 2.43. The summed E-state index contributed by atoms with van der Waals surface area (Å²) < 4.78 is 27.1. The number of rotatable bonds is 5. The van der Waals surface area contributed by atoms with Gasteiger partial charge in [-0.25, -0.2) is 14.2 Å². The summed E-state index contributed by atoms with van der Waals surface area (Å²) in [5.74, 6) is 0.319. The molecule has 38 heavy (non-hydrogen) atoms. The second-order valence-corrected chi connectivity index (χ2v) is 10.2. The van der Waals surface area contributed by atoms with Crippen LogP contribution >= 0.6 is 23.2 Å². The number of anilines is 1. The zero-order chi connectivity index (χ0) is 26.6. The summed E-state index contributed by atoms with van der Waals surface area (Å²) >= 11 is 13.1. The third kappa shape index (κ3) is 4.15. The van der Waals surface area contributed by atoms with Crippen LogP contribution in [0.3, 0.4) is 0 Å². The fourth-order valence-corrected chi connectivity index (χ4v) is 6.19. The number of methoxy groups -OCH3 is 1. The molecule has 0 radical (unpaired) electrons. The van der Waals surface area contributed by atoms with Crippen molar-refractivity contribution in [3.63, 3.8) is 0 Å². The molecular weight excluding hydrogens is 534 g/mol. The highest BCUT2D eigenvalue weighted by Gasteiger charge is 2.43. The summed E-state index contributed by atoms with van der Waals surface area (Å²) in [6.45, 7) is 0.889. The molecule has 2 unspecified atom stereocenters. The number of carboxylic acid groups (broad SMARTS) is 1. The second kappa shape index (κ2) is 9.72. The van der Waals surface area contributed by atoms with Crippen molar-refractivity contribution in [2.45, 2.75) is 24.9 Å². The predicted molar refractivity (Wildman–Crippen MR) is 144 cm³/mol. The number of ether oxygens (including phenoxy) is 2. The lowest BCUT2D eigenvalue weighted by Crippen LogP contribution is -2.55. The number of fused-ring (bicyclic) bond motifs is 4. The summed E-state index contributed by atoms with van der Waals surface area (Å²) in [7, 11) is 1.52. The number of amides is 1. The van der Waals surface area contributed by atoms with Gasteiger partial charge in [0.1, 0.15) is 17.1 Å². The van der Waals surface area contributed by atoms with Crippen molar-refractivity contribution in [2.24, 2.45) is 0 Å². The highest BCUT2D eigenvalue weighted by molar-refractivity contribution is 6.35. The molecule has 11 heteroatoms. The zero-order valence-electron chi connectivity index (χ0n) is 20.3. The first-order valence-corrected chi connectivity index (χ1v) is 12.9. The standard InChI is InChI=1S/C27H23Cl2FN4O4/c1-37-13-38-17-8-14-4-2-3-5-18(14)19(9-17)22-21(28)10-20-24(23(22)30)31-26(29)32-25(20)33-11-15-6-7-16(12-33)34(15)27(35)36/h2-5,8-10,15-16H,6-7,11-13H2,1H3,(H,35,36). The van der Waals surface area contributed by atoms with Crippen LogP contribution in [0.1, 0.15) is 12.8 Å². The first-order valence-electron chi connectivity index (χ1n) is 12.1. The molecule has 3 heterocycles. The van der Waals surface area contributed by atoms with Crippen molar-refractivity contribution in [3.8, 4) is 16.9 Å². The lowest BCUT2D eigenvalue weighted by Gasteiger charge is -2.40. The maximum absolute atomic E-state index is 16.4. The molecule has 6 rings (SSSR count). The molecule has 2 aliphatic heterocycles. The zero-order valence-corrected chi connectivity index (χ0v) is 21.8. The fraction of sp³-hybridized carbons (Fsp3) is 0.296. The molecule has 3 aromatic carbocycles. The van der Waals surface area contributed by atoms with E-state index in [9.17, 15) is 9.90 Å². The maximum atomic E-state index is 16.4. The van der Waals surface area contributed by atoms with Crippen LogP contribution < -0.4 is 9.64 Å². The number of halogens is 3. The Morgan fingerprint density at radius 3 is 2.55 bits per heavy atom. The summed E-state index contributed by atoms with van der Waals surface area (Å²) in [4.78, 5) is 23.9. The normalized spacial score (nSPS) is 18.9. The minimum Gasteiger partial charge on any atom is -0.468 e. The Kier molecular flexibility index (Phi) is 6.37. The predicted octanol–water partition coefficient (Wildman–Crippen LogP) is 6.21. The van der Waals surface area contributed by atoms with Gasteiger partial charge in [0.05, 0.1) is 17.1 Å². The number of piperazine rings is 1. The van der Waals surface area contributed by atoms with Gasteiger partial charge in [-0.05, 0) is 59.0 Å². The SMILES string of the molecule is COCOc1cc(-c2c(Cl)cc3c(N4CC5CCC(C4)N5C(=O)O)nc(Cl)nc3c2F)c2ccccc2c1. The fourth-order valence-electron chi connectivity index (χ4n) is 5.73. The molecular formula is C27H23Cl2FN4O4. The number of nitrogens with zero attached hydrogens (tertiary/aromatic N) is 4. The van der Waals surface area contributed by atoms with E-state index in [4.69, 9.17) is 32.7 Å². The molecule has 1 N–H and O–H groups in total. The van der Waals surface area contributed by atoms with Crippen LogP contribution in [-0.4, -0.2) is 65.1 Å². The number of hydrogen-bond acceptors (Lipinski definition) is 6. The molecule has 2 fully saturated rings. The summed E-state index contributed by atoms with van der Waals surface area (Å²) in [6, 6.07) is 12.5. The third-order valence-electron chi connectivity index (χ3n) is 7.29. The van der Waals surface area contributed by atoms with Crippen LogP contribution in [0.25, 0.3) is 32.8 Å². The minimum absolute atomic E-state index is 0.0367. The van der Waals surface area contributed by atoms with Crippen molar-refractivity contribution in [1.29, 1.82) is 0 Å². The van der Waals surface area contributed by atoms with Gasteiger partial charge in [0, 0.05) is 31.1 Å². The summed E-state index contributed by atoms with van der Waals surface area (Å²) in [6.07, 6.45) is 0.598. The van der Waals surface area contributed by atoms with E-state index in [1.807, 2.05) is 35.2 Å². The largest absolute Gasteiger partial charge is 0.468 e. The Morgan fingerprint density at radius 1 is 1.11 bits per heavy atom. The number of carbonyl (C=O) groups is 1. The van der Waals surface area contributed by atoms with Crippen molar-refractivity contribution >= 4 is 56.8 Å². The van der Waals surface area contributed by atoms with Gasteiger partial charge in [-0.15, -0.1) is 0 Å². The van der Waals surface area contributed by atoms with Crippen LogP contribution in [0.2, 0.25) is 10.3 Å². The van der Waals surface area contributed by atoms with E-state index < -0.39 is 11.9 Å². The summed E-state index contributed by atoms with van der Waals surface area (Å²) in [5, 5.41) is 11.8. The third-order valence-corrected chi connectivity index (χ3v) is 7.75. The molecule has 1 amide bonds. The monoisotopic (exact) mass is 556 g/mol. The van der Waals surface area contributed by atoms with Gasteiger partial charge in [0.15, 0.2) is 12.6 Å². The van der Waals surface area contributed by atoms with Gasteiger partial charge in [0.25, 0.3) is 0 Å². The number of benzene rings is 3. The van der Waals surface area contributed by atoms with Gasteiger partial charge in [-0.2, -0.15) is 4.98 Å². The van der Waals surface area contributed by atoms with E-state index in [-0.39, 0.29) is 40.3 Å².